The Morgan fingerprint density at radius 3 is 2.61 bits per heavy atom. The largest absolute Gasteiger partial charge is 0.359 e. The van der Waals surface area contributed by atoms with Crippen LogP contribution in [0.15, 0.2) is 46.8 Å². The molecule has 2 bridgehead atoms. The van der Waals surface area contributed by atoms with Crippen LogP contribution in [0.4, 0.5) is 16.2 Å². The molecule has 4 aliphatic rings. The third kappa shape index (κ3) is 3.69. The number of para-hydroxylation sites is 2. The SMILES string of the molecule is CC(=O)Nc1ccccc1N1C(=O)NC(=O)C2(O)N=CN(C3CC4CCC(C3)N4Cc3cccs3)C12. The van der Waals surface area contributed by atoms with Gasteiger partial charge in [-0.15, -0.1) is 11.3 Å². The minimum Gasteiger partial charge on any atom is -0.359 e. The number of nitrogens with one attached hydrogen (secondary N) is 2. The van der Waals surface area contributed by atoms with Crippen LogP contribution in [0, 0.1) is 0 Å². The number of rotatable bonds is 5. The third-order valence-electron chi connectivity index (χ3n) is 7.72. The zero-order chi connectivity index (χ0) is 25.0. The molecule has 6 rings (SSSR count). The second kappa shape index (κ2) is 8.68. The molecule has 1 aromatic carbocycles. The zero-order valence-corrected chi connectivity index (χ0v) is 20.6. The van der Waals surface area contributed by atoms with Crippen molar-refractivity contribution in [2.24, 2.45) is 4.99 Å². The second-order valence-electron chi connectivity index (χ2n) is 9.88. The quantitative estimate of drug-likeness (QED) is 0.571. The van der Waals surface area contributed by atoms with E-state index in [1.165, 1.54) is 23.0 Å². The number of carbonyl (C=O) groups is 3. The molecular formula is C25H28N6O4S. The Hall–Kier alpha value is -3.28. The van der Waals surface area contributed by atoms with Crippen LogP contribution in [-0.4, -0.2) is 69.1 Å². The molecule has 5 heterocycles. The number of imide groups is 1. The van der Waals surface area contributed by atoms with Gasteiger partial charge < -0.3 is 15.3 Å². The lowest BCUT2D eigenvalue weighted by Crippen LogP contribution is -2.73. The first-order chi connectivity index (χ1) is 17.3. The van der Waals surface area contributed by atoms with Crippen molar-refractivity contribution in [3.05, 3.63) is 46.7 Å². The molecule has 4 amide bonds. The Balaban J connectivity index is 1.32. The number of nitrogens with zero attached hydrogens (tertiary/aromatic N) is 4. The van der Waals surface area contributed by atoms with Crippen molar-refractivity contribution in [2.75, 3.05) is 10.2 Å². The summed E-state index contributed by atoms with van der Waals surface area (Å²) in [6, 6.07) is 11.2. The van der Waals surface area contributed by atoms with Crippen LogP contribution in [0.3, 0.4) is 0 Å². The highest BCUT2D eigenvalue weighted by atomic mass is 32.1. The van der Waals surface area contributed by atoms with Gasteiger partial charge in [-0.2, -0.15) is 0 Å². The summed E-state index contributed by atoms with van der Waals surface area (Å²) < 4.78 is 0. The first kappa shape index (κ1) is 23.1. The van der Waals surface area contributed by atoms with E-state index in [-0.39, 0.29) is 11.9 Å². The molecule has 2 aromatic rings. The number of piperidine rings is 1. The molecule has 0 radical (unpaired) electrons. The van der Waals surface area contributed by atoms with E-state index in [1.807, 2.05) is 4.90 Å². The van der Waals surface area contributed by atoms with E-state index < -0.39 is 23.8 Å². The number of anilines is 2. The topological polar surface area (TPSA) is 118 Å². The molecule has 0 spiro atoms. The number of benzene rings is 1. The smallest absolute Gasteiger partial charge is 0.330 e. The van der Waals surface area contributed by atoms with E-state index in [0.717, 1.165) is 32.2 Å². The standard InChI is InChI=1S/C25H28N6O4S/c1-15(32)27-20-6-2-3-7-21(20)31-23-25(35,22(33)28-24(31)34)26-14-30(23)18-11-16-8-9-17(12-18)29(16)13-19-5-4-10-36-19/h2-7,10,14,16-18,23,35H,8-9,11-13H2,1H3,(H,27,32)(H,28,33,34). The van der Waals surface area contributed by atoms with Gasteiger partial charge in [0, 0.05) is 36.5 Å². The van der Waals surface area contributed by atoms with Gasteiger partial charge in [-0.1, -0.05) is 18.2 Å². The number of hydrogen-bond acceptors (Lipinski definition) is 8. The Labute approximate surface area is 212 Å². The molecule has 11 heteroatoms. The van der Waals surface area contributed by atoms with E-state index in [0.29, 0.717) is 23.5 Å². The molecule has 188 valence electrons. The lowest BCUT2D eigenvalue weighted by Gasteiger charge is -2.49. The molecule has 0 saturated carbocycles. The van der Waals surface area contributed by atoms with Crippen molar-refractivity contribution in [2.45, 2.75) is 69.2 Å². The summed E-state index contributed by atoms with van der Waals surface area (Å²) in [5.74, 6) is -1.14. The third-order valence-corrected chi connectivity index (χ3v) is 8.58. The minimum atomic E-state index is -2.15. The molecule has 0 aliphatic carbocycles. The Morgan fingerprint density at radius 2 is 1.92 bits per heavy atom. The maximum Gasteiger partial charge on any atom is 0.330 e. The van der Waals surface area contributed by atoms with Gasteiger partial charge in [-0.25, -0.2) is 9.79 Å². The van der Waals surface area contributed by atoms with Crippen LogP contribution < -0.4 is 15.5 Å². The lowest BCUT2D eigenvalue weighted by molar-refractivity contribution is -0.144. The number of hydrogen-bond donors (Lipinski definition) is 3. The van der Waals surface area contributed by atoms with E-state index in [1.54, 1.807) is 35.6 Å². The zero-order valence-electron chi connectivity index (χ0n) is 19.8. The molecule has 4 aliphatic heterocycles. The van der Waals surface area contributed by atoms with Crippen molar-refractivity contribution in [3.8, 4) is 0 Å². The van der Waals surface area contributed by atoms with Gasteiger partial charge in [0.15, 0.2) is 6.17 Å². The van der Waals surface area contributed by atoms with Gasteiger partial charge in [-0.3, -0.25) is 24.7 Å². The summed E-state index contributed by atoms with van der Waals surface area (Å²) >= 11 is 1.77. The van der Waals surface area contributed by atoms with Crippen LogP contribution in [0.5, 0.6) is 0 Å². The van der Waals surface area contributed by atoms with Crippen LogP contribution in [0.25, 0.3) is 0 Å². The molecule has 3 fully saturated rings. The number of aliphatic hydroxyl groups is 1. The number of aliphatic imine (C=N–C) groups is 1. The molecular weight excluding hydrogens is 480 g/mol. The maximum absolute atomic E-state index is 13.2. The molecule has 3 saturated heterocycles. The van der Waals surface area contributed by atoms with Crippen molar-refractivity contribution in [1.29, 1.82) is 0 Å². The second-order valence-corrected chi connectivity index (χ2v) is 10.9. The Bertz CT molecular complexity index is 1220. The first-order valence-corrected chi connectivity index (χ1v) is 13.1. The first-order valence-electron chi connectivity index (χ1n) is 12.2. The Morgan fingerprint density at radius 1 is 1.17 bits per heavy atom. The molecule has 4 atom stereocenters. The fourth-order valence-corrected chi connectivity index (χ4v) is 6.90. The van der Waals surface area contributed by atoms with E-state index in [9.17, 15) is 19.5 Å². The number of fused-ring (bicyclic) bond motifs is 3. The number of carbonyl (C=O) groups excluding carboxylic acids is 3. The van der Waals surface area contributed by atoms with Crippen LogP contribution in [0.1, 0.15) is 37.5 Å². The van der Waals surface area contributed by atoms with E-state index in [2.05, 4.69) is 38.0 Å². The summed E-state index contributed by atoms with van der Waals surface area (Å²) in [6.07, 6.45) is 4.36. The predicted molar refractivity (Wildman–Crippen MR) is 136 cm³/mol. The fraction of sp³-hybridized carbons (Fsp3) is 0.440. The van der Waals surface area contributed by atoms with Crippen LogP contribution in [-0.2, 0) is 16.1 Å². The van der Waals surface area contributed by atoms with Gasteiger partial charge in [0.1, 0.15) is 0 Å². The van der Waals surface area contributed by atoms with Gasteiger partial charge >= 0.3 is 6.03 Å². The number of urea groups is 1. The summed E-state index contributed by atoms with van der Waals surface area (Å²) in [4.78, 5) is 49.2. The van der Waals surface area contributed by atoms with Gasteiger partial charge in [0.2, 0.25) is 5.91 Å². The van der Waals surface area contributed by atoms with Crippen molar-refractivity contribution >= 4 is 46.9 Å². The average Bonchev–Trinajstić information content (AvgIpc) is 3.53. The van der Waals surface area contributed by atoms with Crippen LogP contribution >= 0.6 is 11.3 Å². The summed E-state index contributed by atoms with van der Waals surface area (Å²) in [5, 5.41) is 18.5. The van der Waals surface area contributed by atoms with Gasteiger partial charge in [0.05, 0.1) is 17.7 Å². The summed E-state index contributed by atoms with van der Waals surface area (Å²) in [5.41, 5.74) is -1.35. The minimum absolute atomic E-state index is 0.000936. The molecule has 3 N–H and O–H groups in total. The fourth-order valence-electron chi connectivity index (χ4n) is 6.19. The highest BCUT2D eigenvalue weighted by molar-refractivity contribution is 7.09. The summed E-state index contributed by atoms with van der Waals surface area (Å²) in [7, 11) is 0. The highest BCUT2D eigenvalue weighted by Crippen LogP contribution is 2.43. The highest BCUT2D eigenvalue weighted by Gasteiger charge is 2.61. The normalized spacial score (nSPS) is 31.5. The molecule has 4 unspecified atom stereocenters. The lowest BCUT2D eigenvalue weighted by atomic mass is 9.94. The van der Waals surface area contributed by atoms with Crippen LogP contribution in [0.2, 0.25) is 0 Å². The summed E-state index contributed by atoms with van der Waals surface area (Å²) in [6.45, 7) is 2.32. The van der Waals surface area contributed by atoms with E-state index >= 15 is 0 Å². The maximum atomic E-state index is 13.2. The number of amides is 4. The monoisotopic (exact) mass is 508 g/mol. The van der Waals surface area contributed by atoms with Gasteiger partial charge in [0.25, 0.3) is 11.6 Å². The number of thiophene rings is 1. The molecule has 1 aromatic heterocycles. The Kier molecular flexibility index (Phi) is 5.58. The van der Waals surface area contributed by atoms with Gasteiger partial charge in [-0.05, 0) is 49.3 Å². The molecule has 10 nitrogen and oxygen atoms in total. The van der Waals surface area contributed by atoms with Crippen molar-refractivity contribution < 1.29 is 19.5 Å². The average molecular weight is 509 g/mol. The van der Waals surface area contributed by atoms with Crippen molar-refractivity contribution in [1.82, 2.24) is 15.1 Å². The molecule has 36 heavy (non-hydrogen) atoms. The predicted octanol–water partition coefficient (Wildman–Crippen LogP) is 2.32. The van der Waals surface area contributed by atoms with E-state index in [4.69, 9.17) is 0 Å². The van der Waals surface area contributed by atoms with Crippen molar-refractivity contribution in [3.63, 3.8) is 0 Å².